The molecule has 0 heterocycles. The number of halogens is 8. The molecular formula is C17H27AlBr5Cl3O4+2. The molecule has 0 aromatic carbocycles. The lowest BCUT2D eigenvalue weighted by Crippen LogP contribution is -2.19. The van der Waals surface area contributed by atoms with Gasteiger partial charge >= 0.3 is 24.0 Å². The first-order chi connectivity index (χ1) is 12.7. The molecular weight excluding hydrogens is 801 g/mol. The Morgan fingerprint density at radius 3 is 0.800 bits per heavy atom. The van der Waals surface area contributed by atoms with E-state index in [1.165, 1.54) is 0 Å². The molecule has 176 valence electrons. The number of alkyl halides is 4. The summed E-state index contributed by atoms with van der Waals surface area (Å²) in [4.78, 5) is 40.1. The van der Waals surface area contributed by atoms with Gasteiger partial charge in [-0.3, -0.25) is 9.59 Å². The Kier molecular flexibility index (Phi) is 29.2. The van der Waals surface area contributed by atoms with E-state index in [9.17, 15) is 19.2 Å². The van der Waals surface area contributed by atoms with Crippen molar-refractivity contribution < 1.29 is 19.2 Å². The minimum atomic E-state index is -1.72. The minimum absolute atomic E-state index is 0.0278. The smallest absolute Gasteiger partial charge is 0.298 e. The summed E-state index contributed by atoms with van der Waals surface area (Å²) >= 11 is 13.5. The van der Waals surface area contributed by atoms with Gasteiger partial charge in [0, 0.05) is 37.3 Å². The number of ketones is 1. The predicted molar refractivity (Wildman–Crippen MR) is 151 cm³/mol. The second-order valence-electron chi connectivity index (χ2n) is 7.17. The second kappa shape index (κ2) is 20.7. The SMILES string of the molecule is CC(=O)C(C)(C)Br.CC(C)(Br)C(=O)Br.CC(C)(Br)[C+]=O.CC(C)(Br)[C+]=O.[Cl][Al]([Cl])[Cl]. The maximum absolute atomic E-state index is 10.4. The predicted octanol–water partition coefficient (Wildman–Crippen LogP) is 8.06. The standard InChI is InChI=1S/C5H9BrO.C4H6Br2O.2C4H6BrO.Al.3ClH/c1-4(7)5(2,3)6;1-4(2,6)3(5)7;2*1-4(2,5)3-6;;;;/h1-3H3;1-2H3;2*1-2H3;;3*1H/q;;2*+1;+3;;;/p-3. The highest BCUT2D eigenvalue weighted by Crippen LogP contribution is 2.19. The summed E-state index contributed by atoms with van der Waals surface area (Å²) in [5, 5.41) is 0. The normalized spacial score (nSPS) is 10.4. The van der Waals surface area contributed by atoms with Crippen LogP contribution in [0.2, 0.25) is 0 Å². The maximum atomic E-state index is 10.4. The Hall–Kier alpha value is 2.30. The summed E-state index contributed by atoms with van der Waals surface area (Å²) in [6.07, 6.45) is 3.54. The van der Waals surface area contributed by atoms with Gasteiger partial charge in [0.15, 0.2) is 0 Å². The summed E-state index contributed by atoms with van der Waals surface area (Å²) in [6.45, 7) is 15.7. The largest absolute Gasteiger partial charge is 0.643 e. The van der Waals surface area contributed by atoms with Gasteiger partial charge in [-0.05, 0) is 82.4 Å². The summed E-state index contributed by atoms with van der Waals surface area (Å²) in [5.41, 5.74) is 0. The van der Waals surface area contributed by atoms with Crippen LogP contribution in [0.25, 0.3) is 0 Å². The van der Waals surface area contributed by atoms with E-state index < -0.39 is 24.4 Å². The maximum Gasteiger partial charge on any atom is 0.643 e. The molecule has 0 aliphatic rings. The van der Waals surface area contributed by atoms with Crippen LogP contribution in [0.15, 0.2) is 0 Å². The van der Waals surface area contributed by atoms with Gasteiger partial charge in [0.25, 0.3) is 8.65 Å². The molecule has 0 saturated heterocycles. The van der Waals surface area contributed by atoms with Crippen LogP contribution in [0.5, 0.6) is 0 Å². The van der Waals surface area contributed by atoms with E-state index in [-0.39, 0.29) is 14.8 Å². The van der Waals surface area contributed by atoms with E-state index in [2.05, 4.69) is 79.6 Å². The van der Waals surface area contributed by atoms with E-state index in [1.807, 2.05) is 13.8 Å². The molecule has 0 rings (SSSR count). The van der Waals surface area contributed by atoms with Crippen LogP contribution in [0.1, 0.15) is 62.3 Å². The fourth-order valence-corrected chi connectivity index (χ4v) is 0. The average Bonchev–Trinajstić information content (AvgIpc) is 2.45. The molecule has 0 aromatic heterocycles. The quantitative estimate of drug-likeness (QED) is 0.125. The van der Waals surface area contributed by atoms with E-state index >= 15 is 0 Å². The van der Waals surface area contributed by atoms with Crippen molar-refractivity contribution in [2.45, 2.75) is 79.6 Å². The third-order valence-corrected chi connectivity index (χ3v) is 4.56. The van der Waals surface area contributed by atoms with Gasteiger partial charge in [-0.25, -0.2) is 30.1 Å². The monoisotopic (exact) mass is 822 g/mol. The molecule has 0 aromatic rings. The van der Waals surface area contributed by atoms with E-state index in [1.54, 1.807) is 61.0 Å². The summed E-state index contributed by atoms with van der Waals surface area (Å²) in [5.74, 6) is 0.160. The Morgan fingerprint density at radius 1 is 0.700 bits per heavy atom. The first-order valence-electron chi connectivity index (χ1n) is 7.92. The van der Waals surface area contributed by atoms with Gasteiger partial charge < -0.3 is 0 Å². The topological polar surface area (TPSA) is 68.3 Å². The summed E-state index contributed by atoms with van der Waals surface area (Å²) in [7, 11) is 14.8. The second-order valence-corrected chi connectivity index (χ2v) is 22.3. The zero-order valence-electron chi connectivity index (χ0n) is 18.2. The number of hydrogen-bond acceptors (Lipinski definition) is 4. The lowest BCUT2D eigenvalue weighted by molar-refractivity contribution is -0.118. The highest BCUT2D eigenvalue weighted by molar-refractivity contribution is 9.20. The number of carbonyl (C=O) groups excluding carboxylic acids is 4. The highest BCUT2D eigenvalue weighted by Gasteiger charge is 2.27. The molecule has 0 saturated carbocycles. The van der Waals surface area contributed by atoms with Gasteiger partial charge in [0.2, 0.25) is 4.69 Å². The fourth-order valence-electron chi connectivity index (χ4n) is 0. The van der Waals surface area contributed by atoms with Gasteiger partial charge in [0.05, 0.1) is 8.65 Å². The van der Waals surface area contributed by atoms with Crippen molar-refractivity contribution in [2.24, 2.45) is 0 Å². The van der Waals surface area contributed by atoms with Crippen LogP contribution in [0, 0.1) is 0 Å². The molecule has 30 heavy (non-hydrogen) atoms. The molecule has 0 spiro atoms. The number of Topliss-reactive ketones (excluding diaryl/α,β-unsaturated/α-hetero) is 1. The molecule has 0 aliphatic heterocycles. The van der Waals surface area contributed by atoms with Crippen LogP contribution < -0.4 is 0 Å². The van der Waals surface area contributed by atoms with Gasteiger partial charge in [-0.2, -0.15) is 0 Å². The van der Waals surface area contributed by atoms with Crippen LogP contribution >= 0.6 is 110 Å². The van der Waals surface area contributed by atoms with Crippen LogP contribution in [-0.2, 0) is 19.2 Å². The van der Waals surface area contributed by atoms with Crippen molar-refractivity contribution in [3.05, 3.63) is 0 Å². The summed E-state index contributed by atoms with van der Waals surface area (Å²) in [6, 6.07) is 0. The molecule has 0 aliphatic carbocycles. The number of hydrogen-bond donors (Lipinski definition) is 0. The molecule has 0 bridgehead atoms. The van der Waals surface area contributed by atoms with Gasteiger partial charge in [-0.1, -0.05) is 31.9 Å². The van der Waals surface area contributed by atoms with Gasteiger partial charge in [-0.15, -0.1) is 0 Å². The molecule has 0 unspecified atom stereocenters. The molecule has 0 N–H and O–H groups in total. The first-order valence-corrected chi connectivity index (χ1v) is 17.1. The number of rotatable bonds is 4. The molecule has 13 heteroatoms. The molecule has 0 fully saturated rings. The Bertz CT molecular complexity index is 451. The third kappa shape index (κ3) is 63.1. The minimum Gasteiger partial charge on any atom is -0.298 e. The zero-order chi connectivity index (χ0) is 26.1. The molecule has 0 radical (unpaired) electrons. The summed E-state index contributed by atoms with van der Waals surface area (Å²) < 4.78 is -1.67. The first kappa shape index (κ1) is 42.5. The Morgan fingerprint density at radius 2 is 0.800 bits per heavy atom. The Balaban J connectivity index is -0.0000000878. The van der Waals surface area contributed by atoms with Gasteiger partial charge in [0.1, 0.15) is 5.78 Å². The number of carbonyl (C=O) groups is 2. The van der Waals surface area contributed by atoms with Crippen molar-refractivity contribution in [1.82, 2.24) is 0 Å². The molecule has 4 nitrogen and oxygen atoms in total. The van der Waals surface area contributed by atoms with Crippen LogP contribution in [-0.4, -0.2) is 51.7 Å². The third-order valence-electron chi connectivity index (χ3n) is 1.79. The van der Waals surface area contributed by atoms with Crippen LogP contribution in [0.3, 0.4) is 0 Å². The van der Waals surface area contributed by atoms with E-state index in [4.69, 9.17) is 30.1 Å². The van der Waals surface area contributed by atoms with E-state index in [0.29, 0.717) is 0 Å². The average molecular weight is 828 g/mol. The van der Waals surface area contributed by atoms with Crippen molar-refractivity contribution in [1.29, 1.82) is 0 Å². The van der Waals surface area contributed by atoms with Crippen molar-refractivity contribution in [3.8, 4) is 0 Å². The van der Waals surface area contributed by atoms with Crippen LogP contribution in [0.4, 0.5) is 0 Å². The molecule has 0 amide bonds. The Labute approximate surface area is 240 Å². The van der Waals surface area contributed by atoms with Crippen molar-refractivity contribution >= 4 is 144 Å². The lowest BCUT2D eigenvalue weighted by atomic mass is 10.1. The van der Waals surface area contributed by atoms with Crippen molar-refractivity contribution in [3.63, 3.8) is 0 Å². The molecule has 0 atom stereocenters. The van der Waals surface area contributed by atoms with E-state index in [0.717, 1.165) is 0 Å². The lowest BCUT2D eigenvalue weighted by Gasteiger charge is -2.08. The zero-order valence-corrected chi connectivity index (χ0v) is 29.6. The van der Waals surface area contributed by atoms with Crippen molar-refractivity contribution in [2.75, 3.05) is 0 Å². The highest BCUT2D eigenvalue weighted by atomic mass is 79.9. The fraction of sp³-hybridized carbons (Fsp3) is 0.765.